The van der Waals surface area contributed by atoms with Crippen LogP contribution in [0, 0.1) is 12.7 Å². The standard InChI is InChI=1S/C17H13F4N3O3S/c1-8-10(14(24-27-8)11-4-2-9(18)7-22-11)3-5-13-23-12(6-17(19,20)21)15(28-13)16(25)26/h2,4,7H,3,5-6H2,1H3,(H,25,26). The van der Waals surface area contributed by atoms with E-state index in [0.717, 1.165) is 6.20 Å². The lowest BCUT2D eigenvalue weighted by molar-refractivity contribution is -0.127. The lowest BCUT2D eigenvalue weighted by atomic mass is 10.1. The number of aryl methyl sites for hydroxylation is 2. The highest BCUT2D eigenvalue weighted by molar-refractivity contribution is 7.13. The fourth-order valence-corrected chi connectivity index (χ4v) is 3.54. The Kier molecular flexibility index (Phi) is 5.45. The Morgan fingerprint density at radius 3 is 2.64 bits per heavy atom. The third-order valence-electron chi connectivity index (χ3n) is 3.85. The van der Waals surface area contributed by atoms with Crippen LogP contribution in [0.5, 0.6) is 0 Å². The lowest BCUT2D eigenvalue weighted by Crippen LogP contribution is -2.14. The fraction of sp³-hybridized carbons (Fsp3) is 0.294. The highest BCUT2D eigenvalue weighted by Gasteiger charge is 2.32. The van der Waals surface area contributed by atoms with Gasteiger partial charge in [0.05, 0.1) is 29.0 Å². The largest absolute Gasteiger partial charge is 0.477 e. The first kappa shape index (κ1) is 19.9. The molecule has 0 aromatic carbocycles. The van der Waals surface area contributed by atoms with Gasteiger partial charge in [0.2, 0.25) is 0 Å². The van der Waals surface area contributed by atoms with Crippen LogP contribution in [-0.4, -0.2) is 32.4 Å². The summed E-state index contributed by atoms with van der Waals surface area (Å²) in [5, 5.41) is 13.3. The lowest BCUT2D eigenvalue weighted by Gasteiger charge is -2.03. The Balaban J connectivity index is 1.83. The van der Waals surface area contributed by atoms with E-state index in [1.807, 2.05) is 0 Å². The number of thiazole rings is 1. The first-order valence-electron chi connectivity index (χ1n) is 7.99. The predicted molar refractivity (Wildman–Crippen MR) is 90.7 cm³/mol. The molecule has 0 spiro atoms. The number of carboxylic acids is 1. The Morgan fingerprint density at radius 1 is 1.29 bits per heavy atom. The van der Waals surface area contributed by atoms with Crippen LogP contribution in [0.15, 0.2) is 22.9 Å². The van der Waals surface area contributed by atoms with Gasteiger partial charge >= 0.3 is 12.1 Å². The number of hydrogen-bond acceptors (Lipinski definition) is 6. The van der Waals surface area contributed by atoms with E-state index in [0.29, 0.717) is 40.5 Å². The van der Waals surface area contributed by atoms with Crippen LogP contribution in [0.3, 0.4) is 0 Å². The van der Waals surface area contributed by atoms with Gasteiger partial charge < -0.3 is 9.63 Å². The predicted octanol–water partition coefficient (Wildman–Crippen LogP) is 4.23. The van der Waals surface area contributed by atoms with Crippen molar-refractivity contribution in [1.29, 1.82) is 0 Å². The van der Waals surface area contributed by atoms with Crippen molar-refractivity contribution in [2.75, 3.05) is 0 Å². The van der Waals surface area contributed by atoms with Gasteiger partial charge in [-0.2, -0.15) is 13.2 Å². The minimum absolute atomic E-state index is 0.194. The SMILES string of the molecule is Cc1onc(-c2ccc(F)cn2)c1CCc1nc(CC(F)(F)F)c(C(=O)O)s1. The van der Waals surface area contributed by atoms with Crippen molar-refractivity contribution in [2.45, 2.75) is 32.4 Å². The Labute approximate surface area is 159 Å². The quantitative estimate of drug-likeness (QED) is 0.606. The summed E-state index contributed by atoms with van der Waals surface area (Å²) in [7, 11) is 0. The molecule has 6 nitrogen and oxygen atoms in total. The molecule has 11 heteroatoms. The summed E-state index contributed by atoms with van der Waals surface area (Å²) in [6, 6.07) is 2.66. The Hall–Kier alpha value is -2.82. The summed E-state index contributed by atoms with van der Waals surface area (Å²) in [6.45, 7) is 1.66. The zero-order valence-electron chi connectivity index (χ0n) is 14.4. The summed E-state index contributed by atoms with van der Waals surface area (Å²) in [4.78, 5) is 18.6. The second-order valence-electron chi connectivity index (χ2n) is 5.91. The van der Waals surface area contributed by atoms with Gasteiger partial charge in [0, 0.05) is 12.0 Å². The maximum atomic E-state index is 13.1. The van der Waals surface area contributed by atoms with Gasteiger partial charge in [-0.25, -0.2) is 14.2 Å². The number of aromatic nitrogens is 3. The summed E-state index contributed by atoms with van der Waals surface area (Å²) in [5.41, 5.74) is 0.922. The molecule has 0 saturated carbocycles. The van der Waals surface area contributed by atoms with Crippen LogP contribution in [0.4, 0.5) is 17.6 Å². The van der Waals surface area contributed by atoms with Crippen LogP contribution in [-0.2, 0) is 19.3 Å². The minimum atomic E-state index is -4.55. The molecule has 0 unspecified atom stereocenters. The molecule has 0 amide bonds. The van der Waals surface area contributed by atoms with Gasteiger partial charge in [0.25, 0.3) is 0 Å². The van der Waals surface area contributed by atoms with Crippen molar-refractivity contribution in [3.8, 4) is 11.4 Å². The number of halogens is 4. The molecule has 3 heterocycles. The highest BCUT2D eigenvalue weighted by Crippen LogP contribution is 2.29. The van der Waals surface area contributed by atoms with E-state index in [1.165, 1.54) is 12.1 Å². The molecular formula is C17H13F4N3O3S. The third kappa shape index (κ3) is 4.53. The molecule has 3 aromatic rings. The van der Waals surface area contributed by atoms with Crippen molar-refractivity contribution >= 4 is 17.3 Å². The van der Waals surface area contributed by atoms with Crippen molar-refractivity contribution in [2.24, 2.45) is 0 Å². The second kappa shape index (κ2) is 7.66. The summed E-state index contributed by atoms with van der Waals surface area (Å²) < 4.78 is 56.1. The molecule has 148 valence electrons. The monoisotopic (exact) mass is 415 g/mol. The number of alkyl halides is 3. The van der Waals surface area contributed by atoms with E-state index in [1.54, 1.807) is 6.92 Å². The number of pyridine rings is 1. The first-order chi connectivity index (χ1) is 13.1. The van der Waals surface area contributed by atoms with Gasteiger partial charge in [-0.1, -0.05) is 5.16 Å². The molecule has 1 N–H and O–H groups in total. The Morgan fingerprint density at radius 2 is 2.04 bits per heavy atom. The maximum Gasteiger partial charge on any atom is 0.394 e. The van der Waals surface area contributed by atoms with Gasteiger partial charge in [0.1, 0.15) is 22.1 Å². The number of carboxylic acid groups (broad SMARTS) is 1. The van der Waals surface area contributed by atoms with Crippen LogP contribution in [0.25, 0.3) is 11.4 Å². The van der Waals surface area contributed by atoms with E-state index >= 15 is 0 Å². The van der Waals surface area contributed by atoms with E-state index in [9.17, 15) is 22.4 Å². The number of hydrogen-bond donors (Lipinski definition) is 1. The molecule has 0 saturated heterocycles. The Bertz CT molecular complexity index is 996. The van der Waals surface area contributed by atoms with Gasteiger partial charge in [-0.05, 0) is 25.5 Å². The van der Waals surface area contributed by atoms with Gasteiger partial charge in [-0.15, -0.1) is 11.3 Å². The normalized spacial score (nSPS) is 11.8. The van der Waals surface area contributed by atoms with Crippen molar-refractivity contribution in [3.63, 3.8) is 0 Å². The average molecular weight is 415 g/mol. The third-order valence-corrected chi connectivity index (χ3v) is 4.99. The van der Waals surface area contributed by atoms with Crippen molar-refractivity contribution in [3.05, 3.63) is 51.0 Å². The smallest absolute Gasteiger partial charge is 0.394 e. The molecule has 0 atom stereocenters. The average Bonchev–Trinajstić information content (AvgIpc) is 3.16. The zero-order chi connectivity index (χ0) is 20.5. The molecule has 0 aliphatic heterocycles. The van der Waals surface area contributed by atoms with E-state index in [-0.39, 0.29) is 11.4 Å². The van der Waals surface area contributed by atoms with E-state index in [2.05, 4.69) is 15.1 Å². The number of carbonyl (C=O) groups is 1. The van der Waals surface area contributed by atoms with Crippen LogP contribution >= 0.6 is 11.3 Å². The summed E-state index contributed by atoms with van der Waals surface area (Å²) >= 11 is 0.713. The molecule has 0 aliphatic carbocycles. The number of rotatable bonds is 6. The van der Waals surface area contributed by atoms with E-state index < -0.39 is 35.0 Å². The van der Waals surface area contributed by atoms with Gasteiger partial charge in [-0.3, -0.25) is 4.98 Å². The van der Waals surface area contributed by atoms with Crippen molar-refractivity contribution in [1.82, 2.24) is 15.1 Å². The molecule has 0 fully saturated rings. The van der Waals surface area contributed by atoms with Crippen molar-refractivity contribution < 1.29 is 32.0 Å². The fourth-order valence-electron chi connectivity index (χ4n) is 2.62. The van der Waals surface area contributed by atoms with Crippen LogP contribution < -0.4 is 0 Å². The topological polar surface area (TPSA) is 89.1 Å². The van der Waals surface area contributed by atoms with Crippen LogP contribution in [0.1, 0.15) is 31.7 Å². The highest BCUT2D eigenvalue weighted by atomic mass is 32.1. The second-order valence-corrected chi connectivity index (χ2v) is 6.99. The molecule has 3 rings (SSSR count). The van der Waals surface area contributed by atoms with Crippen LogP contribution in [0.2, 0.25) is 0 Å². The zero-order valence-corrected chi connectivity index (χ0v) is 15.2. The maximum absolute atomic E-state index is 13.1. The molecule has 0 bridgehead atoms. The van der Waals surface area contributed by atoms with E-state index in [4.69, 9.17) is 9.63 Å². The molecule has 0 aliphatic rings. The first-order valence-corrected chi connectivity index (χ1v) is 8.81. The molecule has 3 aromatic heterocycles. The summed E-state index contributed by atoms with van der Waals surface area (Å²) in [5.74, 6) is -1.47. The van der Waals surface area contributed by atoms with Gasteiger partial charge in [0.15, 0.2) is 0 Å². The number of aromatic carboxylic acids is 1. The molecule has 28 heavy (non-hydrogen) atoms. The minimum Gasteiger partial charge on any atom is -0.477 e. The molecule has 0 radical (unpaired) electrons. The number of nitrogens with zero attached hydrogens (tertiary/aromatic N) is 3. The summed E-state index contributed by atoms with van der Waals surface area (Å²) in [6.07, 6.45) is -4.43. The molecular weight excluding hydrogens is 402 g/mol.